The van der Waals surface area contributed by atoms with Gasteiger partial charge in [0.2, 0.25) is 0 Å². The highest BCUT2D eigenvalue weighted by Crippen LogP contribution is 2.09. The van der Waals surface area contributed by atoms with Crippen LogP contribution in [0.2, 0.25) is 0 Å². The monoisotopic (exact) mass is 292 g/mol. The summed E-state index contributed by atoms with van der Waals surface area (Å²) in [6.45, 7) is 1.97. The van der Waals surface area contributed by atoms with E-state index in [0.29, 0.717) is 5.69 Å². The van der Waals surface area contributed by atoms with Crippen LogP contribution in [0.4, 0.5) is 0 Å². The van der Waals surface area contributed by atoms with Gasteiger partial charge in [0.05, 0.1) is 6.04 Å². The van der Waals surface area contributed by atoms with Crippen LogP contribution >= 0.6 is 28.3 Å². The smallest absolute Gasteiger partial charge is 0.197 e. The zero-order valence-corrected chi connectivity index (χ0v) is 11.1. The first kappa shape index (κ1) is 14.6. The van der Waals surface area contributed by atoms with E-state index in [0.717, 1.165) is 10.9 Å². The SMILES string of the molecule is CCC(NC)C(=O)c1ccc(Br)cn1.Cl. The van der Waals surface area contributed by atoms with E-state index in [-0.39, 0.29) is 24.2 Å². The molecule has 1 unspecified atom stereocenters. The van der Waals surface area contributed by atoms with Crippen molar-refractivity contribution in [3.63, 3.8) is 0 Å². The molecule has 0 aliphatic carbocycles. The van der Waals surface area contributed by atoms with Crippen molar-refractivity contribution < 1.29 is 4.79 Å². The second-order valence-corrected chi connectivity index (χ2v) is 3.89. The van der Waals surface area contributed by atoms with Gasteiger partial charge in [0.1, 0.15) is 5.69 Å². The minimum Gasteiger partial charge on any atom is -0.310 e. The van der Waals surface area contributed by atoms with Crippen molar-refractivity contribution >= 4 is 34.1 Å². The number of nitrogens with one attached hydrogen (secondary N) is 1. The molecule has 0 saturated carbocycles. The van der Waals surface area contributed by atoms with Crippen molar-refractivity contribution in [2.75, 3.05) is 7.05 Å². The summed E-state index contributed by atoms with van der Waals surface area (Å²) in [4.78, 5) is 15.8. The molecule has 0 radical (unpaired) electrons. The van der Waals surface area contributed by atoms with Crippen LogP contribution in [0.25, 0.3) is 0 Å². The van der Waals surface area contributed by atoms with Crippen LogP contribution in [0.5, 0.6) is 0 Å². The highest BCUT2D eigenvalue weighted by molar-refractivity contribution is 9.10. The topological polar surface area (TPSA) is 42.0 Å². The van der Waals surface area contributed by atoms with E-state index in [1.807, 2.05) is 13.0 Å². The second kappa shape index (κ2) is 6.93. The van der Waals surface area contributed by atoms with Crippen molar-refractivity contribution in [1.29, 1.82) is 0 Å². The molecule has 0 fully saturated rings. The van der Waals surface area contributed by atoms with Crippen LogP contribution in [0.3, 0.4) is 0 Å². The normalized spacial score (nSPS) is 11.7. The maximum absolute atomic E-state index is 11.8. The largest absolute Gasteiger partial charge is 0.310 e. The van der Waals surface area contributed by atoms with E-state index in [1.54, 1.807) is 19.3 Å². The number of hydrogen-bond donors (Lipinski definition) is 1. The number of hydrogen-bond acceptors (Lipinski definition) is 3. The summed E-state index contributed by atoms with van der Waals surface area (Å²) in [5.74, 6) is 0.0440. The number of carbonyl (C=O) groups is 1. The van der Waals surface area contributed by atoms with Gasteiger partial charge in [-0.25, -0.2) is 0 Å². The zero-order chi connectivity index (χ0) is 10.6. The maximum atomic E-state index is 11.8. The molecular weight excluding hydrogens is 279 g/mol. The number of likely N-dealkylation sites (N-methyl/N-ethyl adjacent to an activating group) is 1. The van der Waals surface area contributed by atoms with Crippen LogP contribution in [-0.2, 0) is 0 Å². The number of nitrogens with zero attached hydrogens (tertiary/aromatic N) is 1. The van der Waals surface area contributed by atoms with Crippen molar-refractivity contribution in [3.8, 4) is 0 Å². The lowest BCUT2D eigenvalue weighted by atomic mass is 10.1. The Morgan fingerprint density at radius 1 is 1.60 bits per heavy atom. The molecule has 1 atom stereocenters. The Bertz CT molecular complexity index is 312. The van der Waals surface area contributed by atoms with E-state index in [4.69, 9.17) is 0 Å². The molecule has 0 bridgehead atoms. The molecule has 1 N–H and O–H groups in total. The molecule has 0 aliphatic rings. The molecule has 1 aromatic heterocycles. The Hall–Kier alpha value is -0.450. The number of ketones is 1. The highest BCUT2D eigenvalue weighted by Gasteiger charge is 2.16. The van der Waals surface area contributed by atoms with Gasteiger partial charge in [-0.05, 0) is 41.5 Å². The first-order valence-electron chi connectivity index (χ1n) is 4.52. The molecule has 0 saturated heterocycles. The van der Waals surface area contributed by atoms with Crippen LogP contribution in [-0.4, -0.2) is 23.9 Å². The van der Waals surface area contributed by atoms with Crippen LogP contribution in [0.15, 0.2) is 22.8 Å². The summed E-state index contributed by atoms with van der Waals surface area (Å²) in [7, 11) is 1.78. The predicted octanol–water partition coefficient (Wildman–Crippen LogP) is 2.45. The third-order valence-electron chi connectivity index (χ3n) is 2.05. The van der Waals surface area contributed by atoms with Gasteiger partial charge in [-0.3, -0.25) is 9.78 Å². The minimum absolute atomic E-state index is 0. The number of carbonyl (C=O) groups excluding carboxylic acids is 1. The summed E-state index contributed by atoms with van der Waals surface area (Å²) >= 11 is 3.28. The maximum Gasteiger partial charge on any atom is 0.197 e. The minimum atomic E-state index is -0.135. The quantitative estimate of drug-likeness (QED) is 0.867. The average Bonchev–Trinajstić information content (AvgIpc) is 2.20. The van der Waals surface area contributed by atoms with Gasteiger partial charge in [-0.2, -0.15) is 0 Å². The Kier molecular flexibility index (Phi) is 6.72. The lowest BCUT2D eigenvalue weighted by Gasteiger charge is -2.11. The summed E-state index contributed by atoms with van der Waals surface area (Å²) in [6.07, 6.45) is 2.41. The Balaban J connectivity index is 0.00000196. The fourth-order valence-corrected chi connectivity index (χ4v) is 1.46. The molecule has 0 spiro atoms. The number of Topliss-reactive ketones (excluding diaryl/α,β-unsaturated/α-hetero) is 1. The average molecular weight is 294 g/mol. The zero-order valence-electron chi connectivity index (χ0n) is 8.66. The van der Waals surface area contributed by atoms with E-state index in [9.17, 15) is 4.79 Å². The molecule has 1 heterocycles. The number of halogens is 2. The first-order chi connectivity index (χ1) is 6.69. The molecular formula is C10H14BrClN2O. The fraction of sp³-hybridized carbons (Fsp3) is 0.400. The molecule has 0 aromatic carbocycles. The lowest BCUT2D eigenvalue weighted by molar-refractivity contribution is 0.0940. The van der Waals surface area contributed by atoms with Gasteiger partial charge in [0.15, 0.2) is 5.78 Å². The van der Waals surface area contributed by atoms with Crippen molar-refractivity contribution in [1.82, 2.24) is 10.3 Å². The Labute approximate surface area is 104 Å². The van der Waals surface area contributed by atoms with E-state index in [1.165, 1.54) is 0 Å². The standard InChI is InChI=1S/C10H13BrN2O.ClH/c1-3-8(12-2)10(14)9-5-4-7(11)6-13-9;/h4-6,8,12H,3H2,1-2H3;1H. The molecule has 0 amide bonds. The van der Waals surface area contributed by atoms with Crippen molar-refractivity contribution in [3.05, 3.63) is 28.5 Å². The van der Waals surface area contributed by atoms with Crippen LogP contribution in [0, 0.1) is 0 Å². The summed E-state index contributed by atoms with van der Waals surface area (Å²) in [6, 6.07) is 3.42. The molecule has 0 aliphatic heterocycles. The predicted molar refractivity (Wildman–Crippen MR) is 66.7 cm³/mol. The first-order valence-corrected chi connectivity index (χ1v) is 5.31. The fourth-order valence-electron chi connectivity index (χ4n) is 1.22. The molecule has 1 aromatic rings. The molecule has 5 heteroatoms. The van der Waals surface area contributed by atoms with E-state index < -0.39 is 0 Å². The van der Waals surface area contributed by atoms with Gasteiger partial charge in [-0.1, -0.05) is 6.92 Å². The van der Waals surface area contributed by atoms with Gasteiger partial charge >= 0.3 is 0 Å². The molecule has 15 heavy (non-hydrogen) atoms. The van der Waals surface area contributed by atoms with Crippen molar-refractivity contribution in [2.45, 2.75) is 19.4 Å². The second-order valence-electron chi connectivity index (χ2n) is 2.98. The Morgan fingerprint density at radius 3 is 2.67 bits per heavy atom. The summed E-state index contributed by atoms with van der Waals surface area (Å²) in [5.41, 5.74) is 0.509. The lowest BCUT2D eigenvalue weighted by Crippen LogP contribution is -2.33. The van der Waals surface area contributed by atoms with E-state index in [2.05, 4.69) is 26.2 Å². The number of aromatic nitrogens is 1. The third-order valence-corrected chi connectivity index (χ3v) is 2.52. The highest BCUT2D eigenvalue weighted by atomic mass is 79.9. The third kappa shape index (κ3) is 3.89. The summed E-state index contributed by atoms with van der Waals surface area (Å²) < 4.78 is 0.881. The number of pyridine rings is 1. The summed E-state index contributed by atoms with van der Waals surface area (Å²) in [5, 5.41) is 2.96. The van der Waals surface area contributed by atoms with Gasteiger partial charge < -0.3 is 5.32 Å². The molecule has 1 rings (SSSR count). The molecule has 84 valence electrons. The molecule has 3 nitrogen and oxygen atoms in total. The van der Waals surface area contributed by atoms with Gasteiger partial charge in [-0.15, -0.1) is 12.4 Å². The van der Waals surface area contributed by atoms with Crippen molar-refractivity contribution in [2.24, 2.45) is 0 Å². The Morgan fingerprint density at radius 2 is 2.27 bits per heavy atom. The van der Waals surface area contributed by atoms with E-state index >= 15 is 0 Å². The number of rotatable bonds is 4. The van der Waals surface area contributed by atoms with Gasteiger partial charge in [0.25, 0.3) is 0 Å². The van der Waals surface area contributed by atoms with Crippen LogP contribution in [0.1, 0.15) is 23.8 Å². The van der Waals surface area contributed by atoms with Crippen LogP contribution < -0.4 is 5.32 Å². The van der Waals surface area contributed by atoms with Gasteiger partial charge in [0, 0.05) is 10.7 Å².